The van der Waals surface area contributed by atoms with Crippen LogP contribution in [-0.4, -0.2) is 63.1 Å². The Morgan fingerprint density at radius 2 is 1.80 bits per heavy atom. The maximum absolute atomic E-state index is 13.8. The number of sulfonamides is 1. The number of likely N-dealkylation sites (tertiary alicyclic amines) is 1. The number of carbonyl (C=O) groups excluding carboxylic acids is 3. The van der Waals surface area contributed by atoms with Crippen LogP contribution in [0.2, 0.25) is 0 Å². The summed E-state index contributed by atoms with van der Waals surface area (Å²) in [6.07, 6.45) is 1.47. The summed E-state index contributed by atoms with van der Waals surface area (Å²) >= 11 is 0. The molecule has 0 saturated carbocycles. The molecule has 3 aromatic carbocycles. The van der Waals surface area contributed by atoms with Crippen LogP contribution in [0.15, 0.2) is 59.5 Å². The van der Waals surface area contributed by atoms with E-state index in [1.165, 1.54) is 11.0 Å². The normalized spacial score (nSPS) is 17.4. The molecule has 1 fully saturated rings. The van der Waals surface area contributed by atoms with Crippen molar-refractivity contribution in [3.05, 3.63) is 60.2 Å². The fourth-order valence-corrected chi connectivity index (χ4v) is 6.85. The van der Waals surface area contributed by atoms with Gasteiger partial charge < -0.3 is 21.3 Å². The van der Waals surface area contributed by atoms with Gasteiger partial charge in [0.15, 0.2) is 5.96 Å². The number of nitrogens with two attached hydrogens (primary N) is 2. The second-order valence-corrected chi connectivity index (χ2v) is 11.8. The van der Waals surface area contributed by atoms with Gasteiger partial charge in [0.2, 0.25) is 15.9 Å². The van der Waals surface area contributed by atoms with Gasteiger partial charge in [-0.05, 0) is 47.2 Å². The summed E-state index contributed by atoms with van der Waals surface area (Å²) in [7, 11) is -4.08. The Bertz CT molecular complexity index is 1650. The predicted octanol–water partition coefficient (Wildman–Crippen LogP) is 1.80. The summed E-state index contributed by atoms with van der Waals surface area (Å²) in [5.74, 6) is -2.24. The fraction of sp³-hybridized carbons (Fsp3) is 0.286. The molecule has 2 aliphatic rings. The van der Waals surface area contributed by atoms with Gasteiger partial charge in [-0.1, -0.05) is 42.5 Å². The third-order valence-corrected chi connectivity index (χ3v) is 8.92. The monoisotopic (exact) mass is 562 g/mol. The number of anilines is 1. The van der Waals surface area contributed by atoms with Crippen LogP contribution in [0, 0.1) is 11.3 Å². The Labute approximate surface area is 231 Å². The fourth-order valence-electron chi connectivity index (χ4n) is 5.50. The highest BCUT2D eigenvalue weighted by Gasteiger charge is 2.39. The van der Waals surface area contributed by atoms with Crippen molar-refractivity contribution < 1.29 is 22.8 Å². The lowest BCUT2D eigenvalue weighted by molar-refractivity contribution is -0.118. The van der Waals surface area contributed by atoms with Crippen molar-refractivity contribution in [3.8, 4) is 11.1 Å². The minimum Gasteiger partial charge on any atom is -0.370 e. The highest BCUT2D eigenvalue weighted by Crippen LogP contribution is 2.42. The Morgan fingerprint density at radius 3 is 2.55 bits per heavy atom. The Hall–Kier alpha value is -4.29. The van der Waals surface area contributed by atoms with E-state index in [-0.39, 0.29) is 41.8 Å². The van der Waals surface area contributed by atoms with Crippen LogP contribution in [0.1, 0.15) is 29.6 Å². The number of guanidine groups is 1. The van der Waals surface area contributed by atoms with Gasteiger partial charge in [0, 0.05) is 38.2 Å². The summed E-state index contributed by atoms with van der Waals surface area (Å²) in [5, 5.41) is 9.08. The molecule has 0 bridgehead atoms. The second-order valence-electron chi connectivity index (χ2n) is 10.1. The first-order valence-corrected chi connectivity index (χ1v) is 14.4. The number of amides is 2. The van der Waals surface area contributed by atoms with Gasteiger partial charge in [0.05, 0.1) is 16.1 Å². The lowest BCUT2D eigenvalue weighted by Crippen LogP contribution is -2.46. The van der Waals surface area contributed by atoms with Crippen LogP contribution in [0.3, 0.4) is 0 Å². The molecule has 208 valence electrons. The smallest absolute Gasteiger partial charge is 0.299 e. The van der Waals surface area contributed by atoms with Crippen LogP contribution in [-0.2, 0) is 19.6 Å². The van der Waals surface area contributed by atoms with E-state index < -0.39 is 27.6 Å². The zero-order valence-electron chi connectivity index (χ0n) is 21.7. The summed E-state index contributed by atoms with van der Waals surface area (Å²) in [4.78, 5) is 40.5. The zero-order valence-corrected chi connectivity index (χ0v) is 22.5. The van der Waals surface area contributed by atoms with Crippen LogP contribution in [0.25, 0.3) is 21.9 Å². The van der Waals surface area contributed by atoms with Gasteiger partial charge in [-0.15, -0.1) is 0 Å². The largest absolute Gasteiger partial charge is 0.370 e. The molecule has 6 N–H and O–H groups in total. The molecule has 1 atom stereocenters. The van der Waals surface area contributed by atoms with Crippen molar-refractivity contribution in [3.63, 3.8) is 0 Å². The number of rotatable bonds is 8. The molecule has 0 unspecified atom stereocenters. The standard InChI is InChI=1S/C28H30N6O5S/c29-23(35)12-14-34-21-9-3-8-20(25(21)26(36)27(34)37)24-19-7-2-1-6-18(19)10-11-22(24)40(38,39)32-15-17-5-4-13-33(16-17)28(30)31/h1-3,6-11,17,32H,4-5,12-16H2,(H2,29,35)(H3,30,31)/t17-/m1/s1. The van der Waals surface area contributed by atoms with Crippen molar-refractivity contribution in [2.45, 2.75) is 24.2 Å². The molecule has 3 aromatic rings. The van der Waals surface area contributed by atoms with Gasteiger partial charge >= 0.3 is 0 Å². The molecular formula is C28H30N6O5S. The maximum atomic E-state index is 13.8. The van der Waals surface area contributed by atoms with Crippen molar-refractivity contribution in [2.24, 2.45) is 17.4 Å². The number of hydrogen-bond acceptors (Lipinski definition) is 6. The van der Waals surface area contributed by atoms with E-state index in [0.29, 0.717) is 35.3 Å². The highest BCUT2D eigenvalue weighted by molar-refractivity contribution is 7.89. The van der Waals surface area contributed by atoms with Crippen molar-refractivity contribution in [2.75, 3.05) is 31.1 Å². The first-order chi connectivity index (χ1) is 19.1. The molecule has 0 spiro atoms. The topological polar surface area (TPSA) is 180 Å². The van der Waals surface area contributed by atoms with Gasteiger partial charge in [0.1, 0.15) is 0 Å². The van der Waals surface area contributed by atoms with E-state index in [9.17, 15) is 22.8 Å². The van der Waals surface area contributed by atoms with E-state index in [1.807, 2.05) is 12.1 Å². The Morgan fingerprint density at radius 1 is 1.02 bits per heavy atom. The SMILES string of the molecule is N=C(N)N1CCC[C@H](CNS(=O)(=O)c2ccc3ccccc3c2-c2cccc3c2C(=O)C(=O)N3CCC(N)=O)C1. The molecule has 2 aliphatic heterocycles. The molecule has 11 nitrogen and oxygen atoms in total. The number of carbonyl (C=O) groups is 3. The molecule has 12 heteroatoms. The number of ketones is 1. The number of benzene rings is 3. The van der Waals surface area contributed by atoms with Crippen LogP contribution in [0.5, 0.6) is 0 Å². The van der Waals surface area contributed by atoms with Crippen molar-refractivity contribution in [1.29, 1.82) is 5.41 Å². The van der Waals surface area contributed by atoms with E-state index in [4.69, 9.17) is 16.9 Å². The number of hydrogen-bond donors (Lipinski definition) is 4. The number of nitrogens with zero attached hydrogens (tertiary/aromatic N) is 2. The van der Waals surface area contributed by atoms with Crippen LogP contribution in [0.4, 0.5) is 5.69 Å². The molecule has 2 heterocycles. The highest BCUT2D eigenvalue weighted by atomic mass is 32.2. The Kier molecular flexibility index (Phi) is 7.30. The third-order valence-electron chi connectivity index (χ3n) is 7.45. The summed E-state index contributed by atoms with van der Waals surface area (Å²) in [6, 6.07) is 15.3. The quantitative estimate of drug-likeness (QED) is 0.183. The van der Waals surface area contributed by atoms with Crippen LogP contribution < -0.4 is 21.1 Å². The maximum Gasteiger partial charge on any atom is 0.299 e. The molecule has 1 saturated heterocycles. The van der Waals surface area contributed by atoms with E-state index in [2.05, 4.69) is 4.72 Å². The average Bonchev–Trinajstić information content (AvgIpc) is 3.19. The average molecular weight is 563 g/mol. The molecular weight excluding hydrogens is 532 g/mol. The summed E-state index contributed by atoms with van der Waals surface area (Å²) in [5.41, 5.74) is 11.9. The molecule has 2 amide bonds. The Balaban J connectivity index is 1.59. The molecule has 5 rings (SSSR count). The lowest BCUT2D eigenvalue weighted by Gasteiger charge is -2.33. The molecule has 0 aliphatic carbocycles. The zero-order chi connectivity index (χ0) is 28.6. The number of primary amides is 1. The molecule has 0 aromatic heterocycles. The van der Waals surface area contributed by atoms with Crippen molar-refractivity contribution in [1.82, 2.24) is 9.62 Å². The minimum atomic E-state index is -4.08. The predicted molar refractivity (Wildman–Crippen MR) is 151 cm³/mol. The minimum absolute atomic E-state index is 0.0188. The van der Waals surface area contributed by atoms with Gasteiger partial charge in [-0.2, -0.15) is 0 Å². The summed E-state index contributed by atoms with van der Waals surface area (Å²) in [6.45, 7) is 1.24. The van der Waals surface area contributed by atoms with Gasteiger partial charge in [-0.3, -0.25) is 19.8 Å². The first-order valence-electron chi connectivity index (χ1n) is 13.0. The lowest BCUT2D eigenvalue weighted by atomic mass is 9.93. The van der Waals surface area contributed by atoms with Crippen LogP contribution >= 0.6 is 0 Å². The van der Waals surface area contributed by atoms with Gasteiger partial charge in [0.25, 0.3) is 11.7 Å². The number of fused-ring (bicyclic) bond motifs is 2. The molecule has 40 heavy (non-hydrogen) atoms. The number of nitrogens with one attached hydrogen (secondary N) is 2. The summed E-state index contributed by atoms with van der Waals surface area (Å²) < 4.78 is 30.4. The van der Waals surface area contributed by atoms with E-state index in [0.717, 1.165) is 18.2 Å². The first kappa shape index (κ1) is 27.3. The third kappa shape index (κ3) is 5.03. The molecule has 0 radical (unpaired) electrons. The second kappa shape index (κ2) is 10.7. The number of Topliss-reactive ketones (excluding diaryl/α,β-unsaturated/α-hetero) is 1. The number of piperidine rings is 1. The van der Waals surface area contributed by atoms with E-state index in [1.54, 1.807) is 41.3 Å². The van der Waals surface area contributed by atoms with E-state index >= 15 is 0 Å². The van der Waals surface area contributed by atoms with Crippen molar-refractivity contribution >= 4 is 50.0 Å². The van der Waals surface area contributed by atoms with Gasteiger partial charge in [-0.25, -0.2) is 13.1 Å².